The van der Waals surface area contributed by atoms with Gasteiger partial charge in [0.05, 0.1) is 11.1 Å². The van der Waals surface area contributed by atoms with Crippen molar-refractivity contribution in [1.82, 2.24) is 10.3 Å². The number of hydrogen-bond acceptors (Lipinski definition) is 5. The minimum absolute atomic E-state index is 0.139. The number of anilines is 1. The van der Waals surface area contributed by atoms with Crippen molar-refractivity contribution in [3.63, 3.8) is 0 Å². The van der Waals surface area contributed by atoms with E-state index in [0.29, 0.717) is 12.0 Å². The zero-order valence-electron chi connectivity index (χ0n) is 18.7. The molecule has 3 aromatic rings. The molecule has 4 rings (SSSR count). The van der Waals surface area contributed by atoms with E-state index in [4.69, 9.17) is 10.5 Å². The predicted octanol–water partition coefficient (Wildman–Crippen LogP) is 4.63. The number of piperazine rings is 1. The lowest BCUT2D eigenvalue weighted by molar-refractivity contribution is -0.137. The Morgan fingerprint density at radius 1 is 1.06 bits per heavy atom. The molecule has 1 saturated heterocycles. The number of rotatable bonds is 6. The quantitative estimate of drug-likeness (QED) is 0.549. The molecule has 0 unspecified atom stereocenters. The van der Waals surface area contributed by atoms with E-state index < -0.39 is 17.6 Å². The molecule has 1 amide bonds. The fourth-order valence-electron chi connectivity index (χ4n) is 3.91. The van der Waals surface area contributed by atoms with Crippen LogP contribution in [0, 0.1) is 0 Å². The molecule has 0 saturated carbocycles. The molecular formula is C25H25F3N4O2. The van der Waals surface area contributed by atoms with E-state index >= 15 is 0 Å². The number of ether oxygens (including phenoxy) is 1. The zero-order chi connectivity index (χ0) is 24.3. The summed E-state index contributed by atoms with van der Waals surface area (Å²) in [6, 6.07) is 12.1. The van der Waals surface area contributed by atoms with Crippen molar-refractivity contribution in [2.24, 2.45) is 5.73 Å². The van der Waals surface area contributed by atoms with Gasteiger partial charge in [-0.2, -0.15) is 13.2 Å². The minimum atomic E-state index is -4.45. The molecule has 1 fully saturated rings. The molecule has 178 valence electrons. The van der Waals surface area contributed by atoms with Crippen LogP contribution in [0.4, 0.5) is 19.0 Å². The molecule has 0 radical (unpaired) electrons. The second-order valence-electron chi connectivity index (χ2n) is 7.99. The number of nitrogens with one attached hydrogen (secondary N) is 1. The number of nitrogens with zero attached hydrogens (tertiary/aromatic N) is 2. The molecule has 1 aliphatic rings. The van der Waals surface area contributed by atoms with E-state index in [2.05, 4.69) is 15.2 Å². The van der Waals surface area contributed by atoms with E-state index in [0.717, 1.165) is 55.3 Å². The molecule has 1 aliphatic heterocycles. The van der Waals surface area contributed by atoms with Gasteiger partial charge in [0.25, 0.3) is 5.91 Å². The molecule has 9 heteroatoms. The van der Waals surface area contributed by atoms with Crippen LogP contribution in [0.15, 0.2) is 54.7 Å². The average molecular weight is 470 g/mol. The number of benzene rings is 2. The number of amides is 1. The van der Waals surface area contributed by atoms with Crippen molar-refractivity contribution in [3.8, 4) is 22.6 Å². The fraction of sp³-hybridized carbons (Fsp3) is 0.280. The summed E-state index contributed by atoms with van der Waals surface area (Å²) < 4.78 is 45.1. The Kier molecular flexibility index (Phi) is 6.74. The van der Waals surface area contributed by atoms with Gasteiger partial charge in [-0.1, -0.05) is 13.0 Å². The highest BCUT2D eigenvalue weighted by atomic mass is 19.4. The van der Waals surface area contributed by atoms with Crippen LogP contribution >= 0.6 is 0 Å². The van der Waals surface area contributed by atoms with Crippen LogP contribution in [0.2, 0.25) is 0 Å². The Hall–Kier alpha value is -3.59. The highest BCUT2D eigenvalue weighted by Crippen LogP contribution is 2.36. The first-order chi connectivity index (χ1) is 16.3. The third-order valence-corrected chi connectivity index (χ3v) is 5.75. The maximum atomic E-state index is 13.1. The van der Waals surface area contributed by atoms with Gasteiger partial charge in [-0.05, 0) is 65.6 Å². The number of pyridine rings is 1. The largest absolute Gasteiger partial charge is 0.456 e. The van der Waals surface area contributed by atoms with Crippen LogP contribution in [0.3, 0.4) is 0 Å². The smallest absolute Gasteiger partial charge is 0.416 e. The number of nitrogens with two attached hydrogens (primary N) is 1. The lowest BCUT2D eigenvalue weighted by atomic mass is 10.0. The molecule has 0 aliphatic carbocycles. The Morgan fingerprint density at radius 2 is 1.76 bits per heavy atom. The van der Waals surface area contributed by atoms with Crippen molar-refractivity contribution in [1.29, 1.82) is 0 Å². The van der Waals surface area contributed by atoms with Crippen molar-refractivity contribution in [2.75, 3.05) is 31.1 Å². The molecule has 0 atom stereocenters. The standard InChI is InChI=1S/C25H25F3N4O2/c1-2-16-13-19(25(26,27)28)4-6-21(16)34-22-5-3-17(14-20(22)24(29)33)18-7-8-31-23(15-18)32-11-9-30-10-12-32/h3-8,13-15,30H,2,9-12H2,1H3,(H2,29,33). The van der Waals surface area contributed by atoms with Crippen LogP contribution in [-0.2, 0) is 12.6 Å². The van der Waals surface area contributed by atoms with Gasteiger partial charge in [-0.15, -0.1) is 0 Å². The predicted molar refractivity (Wildman–Crippen MR) is 124 cm³/mol. The summed E-state index contributed by atoms with van der Waals surface area (Å²) in [5, 5.41) is 3.30. The van der Waals surface area contributed by atoms with Gasteiger partial charge in [0, 0.05) is 32.4 Å². The molecular weight excluding hydrogens is 445 g/mol. The van der Waals surface area contributed by atoms with Gasteiger partial charge in [0.1, 0.15) is 17.3 Å². The molecule has 34 heavy (non-hydrogen) atoms. The summed E-state index contributed by atoms with van der Waals surface area (Å²) in [7, 11) is 0. The van der Waals surface area contributed by atoms with E-state index in [1.54, 1.807) is 31.3 Å². The van der Waals surface area contributed by atoms with Crippen LogP contribution in [0.25, 0.3) is 11.1 Å². The second kappa shape index (κ2) is 9.72. The van der Waals surface area contributed by atoms with E-state index in [1.807, 2.05) is 12.1 Å². The number of alkyl halides is 3. The van der Waals surface area contributed by atoms with Crippen molar-refractivity contribution in [3.05, 3.63) is 71.4 Å². The Labute approximate surface area is 195 Å². The molecule has 6 nitrogen and oxygen atoms in total. The normalized spacial score (nSPS) is 14.2. The number of halogens is 3. The minimum Gasteiger partial charge on any atom is -0.456 e. The summed E-state index contributed by atoms with van der Waals surface area (Å²) in [5.41, 5.74) is 7.00. The van der Waals surface area contributed by atoms with Gasteiger partial charge in [0.15, 0.2) is 0 Å². The summed E-state index contributed by atoms with van der Waals surface area (Å²) >= 11 is 0. The lowest BCUT2D eigenvalue weighted by Gasteiger charge is -2.28. The Balaban J connectivity index is 1.65. The van der Waals surface area contributed by atoms with Crippen LogP contribution in [-0.4, -0.2) is 37.1 Å². The SMILES string of the molecule is CCc1cc(C(F)(F)F)ccc1Oc1ccc(-c2ccnc(N3CCNCC3)c2)cc1C(N)=O. The fourth-order valence-corrected chi connectivity index (χ4v) is 3.91. The summed E-state index contributed by atoms with van der Waals surface area (Å²) in [6.45, 7) is 5.20. The van der Waals surface area contributed by atoms with Gasteiger partial charge in [-0.25, -0.2) is 4.98 Å². The van der Waals surface area contributed by atoms with Crippen LogP contribution in [0.5, 0.6) is 11.5 Å². The molecule has 1 aromatic heterocycles. The highest BCUT2D eigenvalue weighted by Gasteiger charge is 2.31. The summed E-state index contributed by atoms with van der Waals surface area (Å²) in [6.07, 6.45) is -2.40. The van der Waals surface area contributed by atoms with Crippen LogP contribution < -0.4 is 20.7 Å². The van der Waals surface area contributed by atoms with Gasteiger partial charge < -0.3 is 20.7 Å². The monoisotopic (exact) mass is 470 g/mol. The lowest BCUT2D eigenvalue weighted by Crippen LogP contribution is -2.43. The molecule has 3 N–H and O–H groups in total. The first-order valence-corrected chi connectivity index (χ1v) is 11.0. The van der Waals surface area contributed by atoms with Gasteiger partial charge in [0.2, 0.25) is 0 Å². The van der Waals surface area contributed by atoms with E-state index in [-0.39, 0.29) is 17.1 Å². The average Bonchev–Trinajstić information content (AvgIpc) is 2.84. The zero-order valence-corrected chi connectivity index (χ0v) is 18.7. The number of carbonyl (C=O) groups is 1. The summed E-state index contributed by atoms with van der Waals surface area (Å²) in [4.78, 5) is 18.9. The molecule has 0 bridgehead atoms. The third kappa shape index (κ3) is 5.14. The number of hydrogen-bond donors (Lipinski definition) is 2. The molecule has 0 spiro atoms. The van der Waals surface area contributed by atoms with Crippen molar-refractivity contribution in [2.45, 2.75) is 19.5 Å². The Morgan fingerprint density at radius 3 is 2.44 bits per heavy atom. The maximum absolute atomic E-state index is 13.1. The Bertz CT molecular complexity index is 1190. The highest BCUT2D eigenvalue weighted by molar-refractivity contribution is 5.97. The number of aromatic nitrogens is 1. The van der Waals surface area contributed by atoms with Crippen molar-refractivity contribution < 1.29 is 22.7 Å². The number of aryl methyl sites for hydroxylation is 1. The molecule has 2 heterocycles. The van der Waals surface area contributed by atoms with Crippen molar-refractivity contribution >= 4 is 11.7 Å². The van der Waals surface area contributed by atoms with E-state index in [9.17, 15) is 18.0 Å². The van der Waals surface area contributed by atoms with Gasteiger partial charge in [-0.3, -0.25) is 4.79 Å². The van der Waals surface area contributed by atoms with Crippen LogP contribution in [0.1, 0.15) is 28.4 Å². The number of carbonyl (C=O) groups excluding carboxylic acids is 1. The van der Waals surface area contributed by atoms with E-state index in [1.165, 1.54) is 6.07 Å². The summed E-state index contributed by atoms with van der Waals surface area (Å²) in [5.74, 6) is 0.577. The number of primary amides is 1. The first kappa shape index (κ1) is 23.6. The second-order valence-corrected chi connectivity index (χ2v) is 7.99. The topological polar surface area (TPSA) is 80.5 Å². The molecule has 2 aromatic carbocycles. The first-order valence-electron chi connectivity index (χ1n) is 11.0. The maximum Gasteiger partial charge on any atom is 0.416 e. The third-order valence-electron chi connectivity index (χ3n) is 5.75. The van der Waals surface area contributed by atoms with Gasteiger partial charge >= 0.3 is 6.18 Å².